The van der Waals surface area contributed by atoms with Gasteiger partial charge >= 0.3 is 5.69 Å². The fraction of sp³-hybridized carbons (Fsp3) is 0.227. The summed E-state index contributed by atoms with van der Waals surface area (Å²) in [6, 6.07) is 13.4. The molecule has 1 aromatic carbocycles. The molecule has 0 saturated carbocycles. The van der Waals surface area contributed by atoms with E-state index >= 15 is 0 Å². The second-order valence-electron chi connectivity index (χ2n) is 7.08. The van der Waals surface area contributed by atoms with Crippen molar-refractivity contribution in [3.8, 4) is 10.8 Å². The smallest absolute Gasteiger partial charge is 0.330 e. The van der Waals surface area contributed by atoms with E-state index in [1.54, 1.807) is 16.2 Å². The van der Waals surface area contributed by atoms with Gasteiger partial charge in [-0.3, -0.25) is 14.3 Å². The molecule has 0 spiro atoms. The molecule has 0 aliphatic heterocycles. The van der Waals surface area contributed by atoms with E-state index in [0.717, 1.165) is 10.4 Å². The Morgan fingerprint density at radius 3 is 2.65 bits per heavy atom. The summed E-state index contributed by atoms with van der Waals surface area (Å²) in [6.07, 6.45) is 0. The van der Waals surface area contributed by atoms with Gasteiger partial charge in [-0.05, 0) is 30.9 Å². The lowest BCUT2D eigenvalue weighted by atomic mass is 10.2. The molecule has 0 aliphatic rings. The summed E-state index contributed by atoms with van der Waals surface area (Å²) in [5.74, 6) is 1.35. The number of aryl methyl sites for hydroxylation is 1. The number of nitrogens with zero attached hydrogens (tertiary/aromatic N) is 3. The Bertz CT molecular complexity index is 1290. The first kappa shape index (κ1) is 20.7. The zero-order valence-corrected chi connectivity index (χ0v) is 18.1. The van der Waals surface area contributed by atoms with E-state index in [1.165, 1.54) is 4.57 Å². The van der Waals surface area contributed by atoms with Crippen molar-refractivity contribution in [3.05, 3.63) is 85.7 Å². The predicted molar refractivity (Wildman–Crippen MR) is 123 cm³/mol. The first-order valence-corrected chi connectivity index (χ1v) is 10.8. The van der Waals surface area contributed by atoms with E-state index in [1.807, 2.05) is 61.7 Å². The van der Waals surface area contributed by atoms with Gasteiger partial charge in [0.15, 0.2) is 0 Å². The van der Waals surface area contributed by atoms with Crippen molar-refractivity contribution in [2.24, 2.45) is 0 Å². The van der Waals surface area contributed by atoms with Crippen LogP contribution in [0.1, 0.15) is 23.9 Å². The molecule has 0 fully saturated rings. The van der Waals surface area contributed by atoms with Crippen LogP contribution in [0.15, 0.2) is 61.9 Å². The van der Waals surface area contributed by atoms with Crippen LogP contribution in [-0.4, -0.2) is 21.1 Å². The summed E-state index contributed by atoms with van der Waals surface area (Å²) in [5.41, 5.74) is 7.15. The van der Waals surface area contributed by atoms with Crippen LogP contribution in [0.3, 0.4) is 0 Å². The van der Waals surface area contributed by atoms with Crippen molar-refractivity contribution in [1.82, 2.24) is 14.5 Å². The van der Waals surface area contributed by atoms with Gasteiger partial charge in [0.05, 0.1) is 18.0 Å². The lowest BCUT2D eigenvalue weighted by Crippen LogP contribution is -2.38. The zero-order valence-electron chi connectivity index (χ0n) is 17.3. The van der Waals surface area contributed by atoms with E-state index < -0.39 is 11.2 Å². The summed E-state index contributed by atoms with van der Waals surface area (Å²) in [4.78, 5) is 34.9. The maximum absolute atomic E-state index is 12.7. The largest absolute Gasteiger partial charge is 0.440 e. The van der Waals surface area contributed by atoms with Crippen molar-refractivity contribution in [2.45, 2.75) is 26.9 Å². The Labute approximate surface area is 182 Å². The van der Waals surface area contributed by atoms with Crippen LogP contribution < -0.4 is 21.9 Å². The number of hydrogen-bond donors (Lipinski definition) is 2. The van der Waals surface area contributed by atoms with E-state index in [9.17, 15) is 9.59 Å². The molecule has 0 atom stereocenters. The third-order valence-corrected chi connectivity index (χ3v) is 5.92. The number of aromatic nitrogens is 3. The Morgan fingerprint density at radius 1 is 1.19 bits per heavy atom. The minimum Gasteiger partial charge on any atom is -0.440 e. The van der Waals surface area contributed by atoms with E-state index in [2.05, 4.69) is 9.97 Å². The third kappa shape index (κ3) is 4.17. The number of thiophene rings is 1. The minimum absolute atomic E-state index is 0.124. The highest BCUT2D eigenvalue weighted by atomic mass is 32.1. The number of nitrogens with two attached hydrogens (primary N) is 1. The van der Waals surface area contributed by atoms with E-state index in [-0.39, 0.29) is 18.1 Å². The fourth-order valence-electron chi connectivity index (χ4n) is 3.42. The summed E-state index contributed by atoms with van der Waals surface area (Å²) in [5, 5.41) is 1.96. The molecule has 0 amide bonds. The van der Waals surface area contributed by atoms with Crippen LogP contribution in [0.25, 0.3) is 10.8 Å². The average Bonchev–Trinajstić information content (AvgIpc) is 3.41. The normalized spacial score (nSPS) is 11.0. The molecule has 0 saturated heterocycles. The number of aromatic amines is 1. The van der Waals surface area contributed by atoms with Crippen LogP contribution in [0.5, 0.6) is 0 Å². The summed E-state index contributed by atoms with van der Waals surface area (Å²) >= 11 is 1.55. The van der Waals surface area contributed by atoms with E-state index in [0.29, 0.717) is 30.4 Å². The molecule has 0 radical (unpaired) electrons. The second kappa shape index (κ2) is 8.65. The van der Waals surface area contributed by atoms with Crippen LogP contribution in [0, 0.1) is 6.92 Å². The molecule has 3 aromatic heterocycles. The van der Waals surface area contributed by atoms with E-state index in [4.69, 9.17) is 10.2 Å². The first-order chi connectivity index (χ1) is 15.0. The monoisotopic (exact) mass is 437 g/mol. The first-order valence-electron chi connectivity index (χ1n) is 9.89. The Morgan fingerprint density at radius 2 is 1.97 bits per heavy atom. The quantitative estimate of drug-likeness (QED) is 0.459. The molecule has 0 aliphatic carbocycles. The highest BCUT2D eigenvalue weighted by molar-refractivity contribution is 7.13. The van der Waals surface area contributed by atoms with Crippen LogP contribution in [0.2, 0.25) is 0 Å². The van der Waals surface area contributed by atoms with Crippen LogP contribution in [0.4, 0.5) is 11.5 Å². The highest BCUT2D eigenvalue weighted by Gasteiger charge is 2.21. The highest BCUT2D eigenvalue weighted by Crippen LogP contribution is 2.27. The van der Waals surface area contributed by atoms with Gasteiger partial charge in [0.2, 0.25) is 5.89 Å². The second-order valence-corrected chi connectivity index (χ2v) is 8.03. The number of nitrogens with one attached hydrogen (secondary N) is 1. The van der Waals surface area contributed by atoms with Crippen LogP contribution >= 0.6 is 11.3 Å². The van der Waals surface area contributed by atoms with Gasteiger partial charge < -0.3 is 15.1 Å². The molecule has 3 heterocycles. The summed E-state index contributed by atoms with van der Waals surface area (Å²) < 4.78 is 7.20. The van der Waals surface area contributed by atoms with Crippen molar-refractivity contribution < 1.29 is 4.42 Å². The molecule has 31 heavy (non-hydrogen) atoms. The molecule has 160 valence electrons. The van der Waals surface area contributed by atoms with Gasteiger partial charge in [-0.2, -0.15) is 0 Å². The number of hydrogen-bond acceptors (Lipinski definition) is 7. The topological polar surface area (TPSA) is 110 Å². The Kier molecular flexibility index (Phi) is 5.77. The molecular weight excluding hydrogens is 414 g/mol. The lowest BCUT2D eigenvalue weighted by Gasteiger charge is -2.24. The zero-order chi connectivity index (χ0) is 22.0. The maximum atomic E-state index is 12.7. The van der Waals surface area contributed by atoms with Crippen molar-refractivity contribution in [1.29, 1.82) is 0 Å². The number of rotatable bonds is 7. The third-order valence-electron chi connectivity index (χ3n) is 5.06. The van der Waals surface area contributed by atoms with Crippen molar-refractivity contribution in [2.75, 3.05) is 17.2 Å². The SMILES string of the molecule is CCN(Cc1nc(-c2cccs2)oc1C)c1c(N)n(Cc2ccccc2)c(=O)[nH]c1=O. The predicted octanol–water partition coefficient (Wildman–Crippen LogP) is 3.22. The minimum atomic E-state index is -0.538. The van der Waals surface area contributed by atoms with Gasteiger partial charge in [-0.15, -0.1) is 11.3 Å². The molecule has 9 heteroatoms. The molecule has 0 bridgehead atoms. The average molecular weight is 438 g/mol. The van der Waals surface area contributed by atoms with Gasteiger partial charge in [0, 0.05) is 6.54 Å². The molecule has 4 rings (SSSR count). The molecule has 0 unspecified atom stereocenters. The fourth-order valence-corrected chi connectivity index (χ4v) is 4.07. The number of oxazole rings is 1. The number of nitrogen functional groups attached to an aromatic ring is 1. The van der Waals surface area contributed by atoms with Gasteiger partial charge in [-0.1, -0.05) is 36.4 Å². The van der Waals surface area contributed by atoms with Gasteiger partial charge in [0.1, 0.15) is 23.0 Å². The van der Waals surface area contributed by atoms with Gasteiger partial charge in [-0.25, -0.2) is 9.78 Å². The maximum Gasteiger partial charge on any atom is 0.330 e. The number of H-pyrrole nitrogens is 1. The lowest BCUT2D eigenvalue weighted by molar-refractivity contribution is 0.540. The van der Waals surface area contributed by atoms with Crippen LogP contribution in [-0.2, 0) is 13.1 Å². The number of anilines is 2. The van der Waals surface area contributed by atoms with Gasteiger partial charge in [0.25, 0.3) is 5.56 Å². The number of benzene rings is 1. The Hall–Kier alpha value is -3.59. The standard InChI is InChI=1S/C22H23N5O3S/c1-3-26(13-16-14(2)30-21(24-16)17-10-7-11-31-17)18-19(23)27(22(29)25-20(18)28)12-15-8-5-4-6-9-15/h4-11H,3,12-13,23H2,1-2H3,(H,25,28,29). The molecular formula is C22H23N5O3S. The van der Waals surface area contributed by atoms with Crippen molar-refractivity contribution in [3.63, 3.8) is 0 Å². The summed E-state index contributed by atoms with van der Waals surface area (Å²) in [7, 11) is 0. The van der Waals surface area contributed by atoms with Crippen molar-refractivity contribution >= 4 is 22.8 Å². The molecule has 4 aromatic rings. The Balaban J connectivity index is 1.70. The molecule has 8 nitrogen and oxygen atoms in total. The molecule has 3 N–H and O–H groups in total. The summed E-state index contributed by atoms with van der Waals surface area (Å²) in [6.45, 7) is 4.85.